The molecule has 4 aromatic rings. The quantitative estimate of drug-likeness (QED) is 0.152. The molecule has 0 spiro atoms. The molecule has 0 aliphatic rings. The molecule has 0 fully saturated rings. The zero-order valence-corrected chi connectivity index (χ0v) is 24.7. The number of benzene rings is 3. The van der Waals surface area contributed by atoms with E-state index in [2.05, 4.69) is 41.6 Å². The first-order valence-electron chi connectivity index (χ1n) is 14.9. The molecule has 8 nitrogen and oxygen atoms in total. The van der Waals surface area contributed by atoms with Crippen LogP contribution in [0.4, 0.5) is 0 Å². The topological polar surface area (TPSA) is 104 Å². The first-order chi connectivity index (χ1) is 20.5. The van der Waals surface area contributed by atoms with E-state index in [0.29, 0.717) is 37.7 Å². The van der Waals surface area contributed by atoms with Crippen LogP contribution in [0.15, 0.2) is 85.1 Å². The van der Waals surface area contributed by atoms with Gasteiger partial charge in [0.1, 0.15) is 29.8 Å². The van der Waals surface area contributed by atoms with Gasteiger partial charge in [0.2, 0.25) is 5.91 Å². The van der Waals surface area contributed by atoms with Crippen LogP contribution < -0.4 is 20.5 Å². The number of nitrogens with two attached hydrogens (primary N) is 1. The van der Waals surface area contributed by atoms with Crippen LogP contribution in [0.3, 0.4) is 0 Å². The molecular weight excluding hydrogens is 526 g/mol. The van der Waals surface area contributed by atoms with E-state index >= 15 is 0 Å². The van der Waals surface area contributed by atoms with Gasteiger partial charge in [-0.2, -0.15) is 0 Å². The number of unbranched alkanes of at least 4 members (excludes halogenated alkanes) is 1. The number of nitrogens with zero attached hydrogens (tertiary/aromatic N) is 3. The van der Waals surface area contributed by atoms with Gasteiger partial charge in [0.05, 0.1) is 12.8 Å². The second-order valence-electron chi connectivity index (χ2n) is 10.8. The lowest BCUT2D eigenvalue weighted by Crippen LogP contribution is -2.34. The maximum absolute atomic E-state index is 13.2. The molecule has 0 saturated heterocycles. The maximum Gasteiger partial charge on any atom is 0.244 e. The number of nitrogens with one attached hydrogen (secondary N) is 1. The average molecular weight is 570 g/mol. The zero-order valence-electron chi connectivity index (χ0n) is 24.7. The standard InChI is InChI=1S/C34H43N5O3/c1-26(2)20-23-41-32-17-8-6-14-29(32)30-15-7-9-18-33(30)42-25-28-24-39(38-37-28)31(16-10-11-21-35)34(40)36-22-19-27-12-4-3-5-13-27/h3-9,12-15,17-18,24,26,31H,10-11,16,19-23,25,35H2,1-2H3,(H,36,40)/t31-/m1/s1. The second-order valence-corrected chi connectivity index (χ2v) is 10.8. The van der Waals surface area contributed by atoms with Gasteiger partial charge in [0.15, 0.2) is 0 Å². The Morgan fingerprint density at radius 2 is 1.55 bits per heavy atom. The number of hydrogen-bond donors (Lipinski definition) is 2. The molecule has 3 N–H and O–H groups in total. The highest BCUT2D eigenvalue weighted by atomic mass is 16.5. The summed E-state index contributed by atoms with van der Waals surface area (Å²) in [7, 11) is 0. The summed E-state index contributed by atoms with van der Waals surface area (Å²) in [5.74, 6) is 2.06. The largest absolute Gasteiger partial charge is 0.493 e. The molecule has 0 aliphatic heterocycles. The van der Waals surface area contributed by atoms with E-state index < -0.39 is 6.04 Å². The summed E-state index contributed by atoms with van der Waals surface area (Å²) in [6.45, 7) is 6.40. The van der Waals surface area contributed by atoms with Crippen LogP contribution in [0.5, 0.6) is 11.5 Å². The van der Waals surface area contributed by atoms with Gasteiger partial charge in [-0.15, -0.1) is 5.10 Å². The molecule has 0 bridgehead atoms. The minimum absolute atomic E-state index is 0.0697. The highest BCUT2D eigenvalue weighted by molar-refractivity contribution is 5.80. The predicted octanol–water partition coefficient (Wildman–Crippen LogP) is 5.98. The van der Waals surface area contributed by atoms with Crippen molar-refractivity contribution in [3.63, 3.8) is 0 Å². The van der Waals surface area contributed by atoms with Gasteiger partial charge in [-0.25, -0.2) is 4.68 Å². The van der Waals surface area contributed by atoms with Gasteiger partial charge in [-0.1, -0.05) is 85.8 Å². The van der Waals surface area contributed by atoms with Crippen molar-refractivity contribution < 1.29 is 14.3 Å². The average Bonchev–Trinajstić information content (AvgIpc) is 3.47. The number of amides is 1. The van der Waals surface area contributed by atoms with Crippen molar-refractivity contribution in [2.45, 2.75) is 58.6 Å². The fourth-order valence-corrected chi connectivity index (χ4v) is 4.68. The molecule has 222 valence electrons. The molecule has 1 atom stereocenters. The SMILES string of the molecule is CC(C)CCOc1ccccc1-c1ccccc1OCc1cn([C@H](CCCCN)C(=O)NCCc2ccccc2)nn1. The lowest BCUT2D eigenvalue weighted by Gasteiger charge is -2.17. The third-order valence-electron chi connectivity index (χ3n) is 7.06. The minimum atomic E-state index is -0.462. The lowest BCUT2D eigenvalue weighted by molar-refractivity contribution is -0.124. The minimum Gasteiger partial charge on any atom is -0.493 e. The van der Waals surface area contributed by atoms with Crippen molar-refractivity contribution in [2.75, 3.05) is 19.7 Å². The number of hydrogen-bond acceptors (Lipinski definition) is 6. The number of para-hydroxylation sites is 2. The van der Waals surface area contributed by atoms with Crippen molar-refractivity contribution in [2.24, 2.45) is 11.7 Å². The molecule has 4 rings (SSSR count). The van der Waals surface area contributed by atoms with Crippen LogP contribution >= 0.6 is 0 Å². The molecule has 0 saturated carbocycles. The number of ether oxygens (including phenoxy) is 2. The maximum atomic E-state index is 13.2. The number of aromatic nitrogens is 3. The highest BCUT2D eigenvalue weighted by Gasteiger charge is 2.22. The van der Waals surface area contributed by atoms with Crippen molar-refractivity contribution in [1.29, 1.82) is 0 Å². The van der Waals surface area contributed by atoms with E-state index in [-0.39, 0.29) is 12.5 Å². The zero-order chi connectivity index (χ0) is 29.6. The molecule has 0 unspecified atom stereocenters. The van der Waals surface area contributed by atoms with Gasteiger partial charge in [0.25, 0.3) is 0 Å². The fourth-order valence-electron chi connectivity index (χ4n) is 4.68. The molecule has 1 heterocycles. The van der Waals surface area contributed by atoms with Crippen LogP contribution in [0, 0.1) is 5.92 Å². The van der Waals surface area contributed by atoms with Gasteiger partial charge in [0, 0.05) is 17.7 Å². The second kappa shape index (κ2) is 16.3. The summed E-state index contributed by atoms with van der Waals surface area (Å²) in [6, 6.07) is 25.6. The van der Waals surface area contributed by atoms with E-state index in [1.807, 2.05) is 66.7 Å². The van der Waals surface area contributed by atoms with Crippen molar-refractivity contribution in [1.82, 2.24) is 20.3 Å². The van der Waals surface area contributed by atoms with Gasteiger partial charge in [-0.3, -0.25) is 4.79 Å². The normalized spacial score (nSPS) is 11.8. The number of rotatable bonds is 17. The molecule has 3 aromatic carbocycles. The Bertz CT molecular complexity index is 1370. The van der Waals surface area contributed by atoms with Crippen molar-refractivity contribution in [3.05, 3.63) is 96.3 Å². The van der Waals surface area contributed by atoms with Crippen LogP contribution in [-0.2, 0) is 17.8 Å². The van der Waals surface area contributed by atoms with E-state index in [1.165, 1.54) is 5.56 Å². The predicted molar refractivity (Wildman–Crippen MR) is 166 cm³/mol. The Hall–Kier alpha value is -4.17. The van der Waals surface area contributed by atoms with Gasteiger partial charge >= 0.3 is 0 Å². The van der Waals surface area contributed by atoms with E-state index in [9.17, 15) is 4.79 Å². The monoisotopic (exact) mass is 569 g/mol. The van der Waals surface area contributed by atoms with E-state index in [1.54, 1.807) is 10.9 Å². The van der Waals surface area contributed by atoms with Gasteiger partial charge < -0.3 is 20.5 Å². The highest BCUT2D eigenvalue weighted by Crippen LogP contribution is 2.36. The lowest BCUT2D eigenvalue weighted by atomic mass is 10.0. The van der Waals surface area contributed by atoms with Crippen LogP contribution in [0.25, 0.3) is 11.1 Å². The Balaban J connectivity index is 1.42. The van der Waals surface area contributed by atoms with E-state index in [4.69, 9.17) is 15.2 Å². The molecular formula is C34H43N5O3. The van der Waals surface area contributed by atoms with Crippen LogP contribution in [0.1, 0.15) is 56.8 Å². The molecule has 42 heavy (non-hydrogen) atoms. The van der Waals surface area contributed by atoms with Crippen LogP contribution in [0.2, 0.25) is 0 Å². The van der Waals surface area contributed by atoms with Crippen LogP contribution in [-0.4, -0.2) is 40.6 Å². The summed E-state index contributed by atoms with van der Waals surface area (Å²) in [6.07, 6.45) is 5.86. The Morgan fingerprint density at radius 3 is 2.24 bits per heavy atom. The van der Waals surface area contributed by atoms with Gasteiger partial charge in [-0.05, 0) is 62.3 Å². The molecule has 0 aliphatic carbocycles. The third kappa shape index (κ3) is 9.17. The van der Waals surface area contributed by atoms with Crippen molar-refractivity contribution in [3.8, 4) is 22.6 Å². The Morgan fingerprint density at radius 1 is 0.881 bits per heavy atom. The summed E-state index contributed by atoms with van der Waals surface area (Å²) < 4.78 is 14.0. The fraction of sp³-hybridized carbons (Fsp3) is 0.382. The summed E-state index contributed by atoms with van der Waals surface area (Å²) in [4.78, 5) is 13.2. The number of carbonyl (C=O) groups is 1. The summed E-state index contributed by atoms with van der Waals surface area (Å²) >= 11 is 0. The molecule has 1 amide bonds. The summed E-state index contributed by atoms with van der Waals surface area (Å²) in [5.41, 5.74) is 9.47. The molecule has 1 aromatic heterocycles. The third-order valence-corrected chi connectivity index (χ3v) is 7.06. The summed E-state index contributed by atoms with van der Waals surface area (Å²) in [5, 5.41) is 11.7. The first kappa shape index (κ1) is 30.8. The Kier molecular flexibility index (Phi) is 12.0. The molecule has 8 heteroatoms. The molecule has 0 radical (unpaired) electrons. The van der Waals surface area contributed by atoms with Crippen molar-refractivity contribution >= 4 is 5.91 Å². The number of carbonyl (C=O) groups excluding carboxylic acids is 1. The first-order valence-corrected chi connectivity index (χ1v) is 14.9. The Labute approximate surface area is 249 Å². The smallest absolute Gasteiger partial charge is 0.244 e. The van der Waals surface area contributed by atoms with E-state index in [0.717, 1.165) is 48.3 Å².